The number of hydrogen-bond donors (Lipinski definition) is 1. The van der Waals surface area contributed by atoms with Crippen molar-refractivity contribution in [3.63, 3.8) is 0 Å². The summed E-state index contributed by atoms with van der Waals surface area (Å²) in [6, 6.07) is 10.3. The molecule has 1 N–H and O–H groups in total. The molecule has 1 atom stereocenters. The highest BCUT2D eigenvalue weighted by atomic mass is 35.5. The van der Waals surface area contributed by atoms with Crippen molar-refractivity contribution in [3.05, 3.63) is 64.9 Å². The minimum Gasteiger partial charge on any atom is -0.337 e. The van der Waals surface area contributed by atoms with Crippen molar-refractivity contribution in [1.82, 2.24) is 14.6 Å². The largest absolute Gasteiger partial charge is 0.337 e. The third-order valence-electron chi connectivity index (χ3n) is 4.38. The molecule has 3 rings (SSSR count). The van der Waals surface area contributed by atoms with Crippen LogP contribution in [0.5, 0.6) is 0 Å². The Balaban J connectivity index is 1.66. The standard InChI is InChI=1S/C18H20ClN3O3S/c19-16-6-1-5-15(10-16)18(23)22-9-3-7-17(13-22)26(24,25)21-12-14-4-2-8-20-11-14/h1-2,4-6,8,10-11,17,21H,3,7,9,12-13H2. The molecule has 2 aromatic rings. The van der Waals surface area contributed by atoms with Crippen molar-refractivity contribution in [3.8, 4) is 0 Å². The zero-order valence-corrected chi connectivity index (χ0v) is 15.7. The number of piperidine rings is 1. The zero-order valence-electron chi connectivity index (χ0n) is 14.1. The van der Waals surface area contributed by atoms with Crippen molar-refractivity contribution in [1.29, 1.82) is 0 Å². The lowest BCUT2D eigenvalue weighted by Gasteiger charge is -2.32. The molecule has 1 aromatic heterocycles. The summed E-state index contributed by atoms with van der Waals surface area (Å²) < 4.78 is 27.9. The van der Waals surface area contributed by atoms with Crippen molar-refractivity contribution in [2.75, 3.05) is 13.1 Å². The minimum absolute atomic E-state index is 0.174. The number of nitrogens with zero attached hydrogens (tertiary/aromatic N) is 2. The number of pyridine rings is 1. The lowest BCUT2D eigenvalue weighted by atomic mass is 10.1. The van der Waals surface area contributed by atoms with Gasteiger partial charge in [0.15, 0.2) is 0 Å². The molecule has 0 radical (unpaired) electrons. The van der Waals surface area contributed by atoms with Crippen LogP contribution < -0.4 is 4.72 Å². The molecule has 0 aliphatic carbocycles. The molecular weight excluding hydrogens is 374 g/mol. The van der Waals surface area contributed by atoms with Crippen LogP contribution in [-0.2, 0) is 16.6 Å². The van der Waals surface area contributed by atoms with E-state index in [1.807, 2.05) is 6.07 Å². The van der Waals surface area contributed by atoms with Gasteiger partial charge in [-0.25, -0.2) is 13.1 Å². The second kappa shape index (κ2) is 8.16. The molecular formula is C18H20ClN3O3S. The van der Waals surface area contributed by atoms with Crippen LogP contribution in [0.2, 0.25) is 5.02 Å². The highest BCUT2D eigenvalue weighted by Gasteiger charge is 2.32. The smallest absolute Gasteiger partial charge is 0.253 e. The number of rotatable bonds is 5. The third-order valence-corrected chi connectivity index (χ3v) is 6.42. The van der Waals surface area contributed by atoms with E-state index in [4.69, 9.17) is 11.6 Å². The highest BCUT2D eigenvalue weighted by molar-refractivity contribution is 7.90. The molecule has 1 saturated heterocycles. The molecule has 1 aliphatic rings. The number of nitrogens with one attached hydrogen (secondary N) is 1. The first-order valence-corrected chi connectivity index (χ1v) is 10.3. The summed E-state index contributed by atoms with van der Waals surface area (Å²) in [5, 5.41) is -0.147. The molecule has 1 amide bonds. The lowest BCUT2D eigenvalue weighted by molar-refractivity contribution is 0.0726. The Kier molecular flexibility index (Phi) is 5.90. The second-order valence-electron chi connectivity index (χ2n) is 6.25. The van der Waals surface area contributed by atoms with Gasteiger partial charge in [0, 0.05) is 42.6 Å². The zero-order chi connectivity index (χ0) is 18.6. The summed E-state index contributed by atoms with van der Waals surface area (Å²) in [5.41, 5.74) is 1.26. The SMILES string of the molecule is O=C(c1cccc(Cl)c1)N1CCCC(S(=O)(=O)NCc2cccnc2)C1. The molecule has 0 bridgehead atoms. The van der Waals surface area contributed by atoms with Gasteiger partial charge in [-0.05, 0) is 42.7 Å². The number of hydrogen-bond acceptors (Lipinski definition) is 4. The van der Waals surface area contributed by atoms with E-state index in [2.05, 4.69) is 9.71 Å². The maximum Gasteiger partial charge on any atom is 0.253 e. The second-order valence-corrected chi connectivity index (χ2v) is 8.73. The molecule has 1 aliphatic heterocycles. The van der Waals surface area contributed by atoms with Crippen molar-refractivity contribution in [2.45, 2.75) is 24.6 Å². The quantitative estimate of drug-likeness (QED) is 0.846. The molecule has 26 heavy (non-hydrogen) atoms. The Morgan fingerprint density at radius 2 is 2.15 bits per heavy atom. The van der Waals surface area contributed by atoms with Gasteiger partial charge in [-0.1, -0.05) is 23.7 Å². The van der Waals surface area contributed by atoms with Crippen LogP contribution in [0.25, 0.3) is 0 Å². The molecule has 0 saturated carbocycles. The number of halogens is 1. The van der Waals surface area contributed by atoms with E-state index < -0.39 is 15.3 Å². The minimum atomic E-state index is -3.54. The summed E-state index contributed by atoms with van der Waals surface area (Å²) in [4.78, 5) is 18.2. The summed E-state index contributed by atoms with van der Waals surface area (Å²) in [6.45, 7) is 0.905. The van der Waals surface area contributed by atoms with Crippen LogP contribution in [0.15, 0.2) is 48.8 Å². The maximum absolute atomic E-state index is 12.6. The number of aromatic nitrogens is 1. The molecule has 8 heteroatoms. The molecule has 1 unspecified atom stereocenters. The Bertz CT molecular complexity index is 874. The van der Waals surface area contributed by atoms with E-state index in [0.717, 1.165) is 5.56 Å². The fourth-order valence-corrected chi connectivity index (χ4v) is 4.63. The number of carbonyl (C=O) groups is 1. The normalized spacial score (nSPS) is 17.9. The van der Waals surface area contributed by atoms with E-state index in [1.165, 1.54) is 0 Å². The Morgan fingerprint density at radius 3 is 2.88 bits per heavy atom. The van der Waals surface area contributed by atoms with Gasteiger partial charge in [0.1, 0.15) is 0 Å². The van der Waals surface area contributed by atoms with Crippen molar-refractivity contribution >= 4 is 27.5 Å². The van der Waals surface area contributed by atoms with Gasteiger partial charge < -0.3 is 4.90 Å². The highest BCUT2D eigenvalue weighted by Crippen LogP contribution is 2.20. The predicted octanol–water partition coefficient (Wildman–Crippen LogP) is 2.46. The number of amides is 1. The van der Waals surface area contributed by atoms with Gasteiger partial charge in [0.05, 0.1) is 5.25 Å². The summed E-state index contributed by atoms with van der Waals surface area (Å²) in [5.74, 6) is -0.195. The molecule has 0 spiro atoms. The number of likely N-dealkylation sites (tertiary alicyclic amines) is 1. The Hall–Kier alpha value is -1.96. The third kappa shape index (κ3) is 4.60. The summed E-state index contributed by atoms with van der Waals surface area (Å²) in [6.07, 6.45) is 4.43. The average Bonchev–Trinajstić information content (AvgIpc) is 2.67. The monoisotopic (exact) mass is 393 g/mol. The summed E-state index contributed by atoms with van der Waals surface area (Å²) >= 11 is 5.95. The first-order valence-electron chi connectivity index (χ1n) is 8.38. The van der Waals surface area contributed by atoms with E-state index in [9.17, 15) is 13.2 Å². The van der Waals surface area contributed by atoms with Crippen LogP contribution in [-0.4, -0.2) is 42.5 Å². The lowest BCUT2D eigenvalue weighted by Crippen LogP contribution is -2.48. The topological polar surface area (TPSA) is 79.4 Å². The van der Waals surface area contributed by atoms with Gasteiger partial charge in [-0.2, -0.15) is 0 Å². The van der Waals surface area contributed by atoms with Crippen LogP contribution in [0.1, 0.15) is 28.8 Å². The van der Waals surface area contributed by atoms with Gasteiger partial charge in [-0.15, -0.1) is 0 Å². The van der Waals surface area contributed by atoms with Crippen LogP contribution >= 0.6 is 11.6 Å². The van der Waals surface area contributed by atoms with Gasteiger partial charge in [0.25, 0.3) is 5.91 Å². The van der Waals surface area contributed by atoms with Gasteiger partial charge in [0.2, 0.25) is 10.0 Å². The van der Waals surface area contributed by atoms with E-state index in [1.54, 1.807) is 47.6 Å². The maximum atomic E-state index is 12.6. The molecule has 1 fully saturated rings. The fraction of sp³-hybridized carbons (Fsp3) is 0.333. The summed E-state index contributed by atoms with van der Waals surface area (Å²) in [7, 11) is -3.54. The number of sulfonamides is 1. The molecule has 6 nitrogen and oxygen atoms in total. The van der Waals surface area contributed by atoms with Crippen molar-refractivity contribution in [2.24, 2.45) is 0 Å². The van der Waals surface area contributed by atoms with Crippen LogP contribution in [0.4, 0.5) is 0 Å². The van der Waals surface area contributed by atoms with Gasteiger partial charge in [-0.3, -0.25) is 9.78 Å². The van der Waals surface area contributed by atoms with Crippen LogP contribution in [0.3, 0.4) is 0 Å². The predicted molar refractivity (Wildman–Crippen MR) is 100 cm³/mol. The fourth-order valence-electron chi connectivity index (χ4n) is 2.98. The van der Waals surface area contributed by atoms with Gasteiger partial charge >= 0.3 is 0 Å². The first-order chi connectivity index (χ1) is 12.5. The van der Waals surface area contributed by atoms with Crippen LogP contribution in [0, 0.1) is 0 Å². The molecule has 1 aromatic carbocycles. The first kappa shape index (κ1) is 18.8. The average molecular weight is 394 g/mol. The van der Waals surface area contributed by atoms with E-state index >= 15 is 0 Å². The van der Waals surface area contributed by atoms with E-state index in [0.29, 0.717) is 30.0 Å². The number of benzene rings is 1. The Morgan fingerprint density at radius 1 is 1.31 bits per heavy atom. The molecule has 138 valence electrons. The van der Waals surface area contributed by atoms with E-state index in [-0.39, 0.29) is 19.0 Å². The van der Waals surface area contributed by atoms with Crippen molar-refractivity contribution < 1.29 is 13.2 Å². The Labute approximate surface area is 158 Å². The molecule has 2 heterocycles. The number of carbonyl (C=O) groups excluding carboxylic acids is 1.